The van der Waals surface area contributed by atoms with Crippen molar-refractivity contribution in [3.8, 4) is 0 Å². The maximum absolute atomic E-state index is 13.4. The van der Waals surface area contributed by atoms with Gasteiger partial charge in [-0.05, 0) is 13.0 Å². The fourth-order valence-electron chi connectivity index (χ4n) is 1.15. The van der Waals surface area contributed by atoms with E-state index in [1.807, 2.05) is 0 Å². The molecule has 0 saturated carbocycles. The van der Waals surface area contributed by atoms with E-state index in [1.54, 1.807) is 6.92 Å². The SMILES string of the molecule is C[C@H](CO)NC(=O)c1ccc([N+](=O)[O-])cc1F. The summed E-state index contributed by atoms with van der Waals surface area (Å²) in [5.74, 6) is -1.69. The zero-order valence-electron chi connectivity index (χ0n) is 9.01. The van der Waals surface area contributed by atoms with Crippen LogP contribution in [-0.4, -0.2) is 28.6 Å². The zero-order valence-corrected chi connectivity index (χ0v) is 9.01. The van der Waals surface area contributed by atoms with Crippen molar-refractivity contribution in [2.75, 3.05) is 6.61 Å². The number of carbonyl (C=O) groups is 1. The molecule has 0 spiro atoms. The Morgan fingerprint density at radius 1 is 1.65 bits per heavy atom. The Morgan fingerprint density at radius 3 is 2.76 bits per heavy atom. The number of halogens is 1. The molecular weight excluding hydrogens is 231 g/mol. The van der Waals surface area contributed by atoms with Crippen LogP contribution in [0.15, 0.2) is 18.2 Å². The third-order valence-corrected chi connectivity index (χ3v) is 2.06. The van der Waals surface area contributed by atoms with Gasteiger partial charge < -0.3 is 10.4 Å². The van der Waals surface area contributed by atoms with E-state index in [-0.39, 0.29) is 12.2 Å². The molecule has 7 heteroatoms. The molecule has 0 aliphatic heterocycles. The highest BCUT2D eigenvalue weighted by Crippen LogP contribution is 2.16. The van der Waals surface area contributed by atoms with Crippen LogP contribution >= 0.6 is 0 Å². The molecule has 0 aromatic heterocycles. The van der Waals surface area contributed by atoms with Crippen LogP contribution < -0.4 is 5.32 Å². The number of benzene rings is 1. The third kappa shape index (κ3) is 3.22. The first kappa shape index (κ1) is 13.0. The maximum Gasteiger partial charge on any atom is 0.272 e. The Morgan fingerprint density at radius 2 is 2.29 bits per heavy atom. The topological polar surface area (TPSA) is 92.5 Å². The predicted octanol–water partition coefficient (Wildman–Crippen LogP) is 0.845. The van der Waals surface area contributed by atoms with Crippen molar-refractivity contribution in [3.05, 3.63) is 39.7 Å². The Balaban J connectivity index is 2.92. The third-order valence-electron chi connectivity index (χ3n) is 2.06. The molecule has 0 aliphatic rings. The summed E-state index contributed by atoms with van der Waals surface area (Å²) in [5, 5.41) is 21.4. The lowest BCUT2D eigenvalue weighted by atomic mass is 10.1. The van der Waals surface area contributed by atoms with E-state index < -0.39 is 28.4 Å². The van der Waals surface area contributed by atoms with Crippen LogP contribution in [0.2, 0.25) is 0 Å². The molecule has 0 saturated heterocycles. The van der Waals surface area contributed by atoms with E-state index in [0.717, 1.165) is 12.1 Å². The quantitative estimate of drug-likeness (QED) is 0.604. The van der Waals surface area contributed by atoms with Crippen LogP contribution in [0.3, 0.4) is 0 Å². The van der Waals surface area contributed by atoms with Gasteiger partial charge in [0, 0.05) is 12.1 Å². The summed E-state index contributed by atoms with van der Waals surface area (Å²) in [6, 6.07) is 2.24. The fraction of sp³-hybridized carbons (Fsp3) is 0.300. The molecule has 2 N–H and O–H groups in total. The molecule has 0 fully saturated rings. The number of aliphatic hydroxyl groups is 1. The number of nitrogens with zero attached hydrogens (tertiary/aromatic N) is 1. The van der Waals surface area contributed by atoms with Gasteiger partial charge in [-0.25, -0.2) is 4.39 Å². The molecule has 0 aliphatic carbocycles. The number of nitro benzene ring substituents is 1. The van der Waals surface area contributed by atoms with Gasteiger partial charge in [0.15, 0.2) is 0 Å². The maximum atomic E-state index is 13.4. The Labute approximate surface area is 96.2 Å². The van der Waals surface area contributed by atoms with Gasteiger partial charge in [0.25, 0.3) is 11.6 Å². The van der Waals surface area contributed by atoms with Crippen molar-refractivity contribution in [3.63, 3.8) is 0 Å². The van der Waals surface area contributed by atoms with Gasteiger partial charge in [-0.1, -0.05) is 0 Å². The molecule has 0 bridgehead atoms. The van der Waals surface area contributed by atoms with Gasteiger partial charge in [0.1, 0.15) is 5.82 Å². The Hall–Kier alpha value is -2.02. The lowest BCUT2D eigenvalue weighted by molar-refractivity contribution is -0.385. The standard InChI is InChI=1S/C10H11FN2O4/c1-6(5-14)12-10(15)8-3-2-7(13(16)17)4-9(8)11/h2-4,6,14H,5H2,1H3,(H,12,15)/t6-/m1/s1. The Kier molecular flexibility index (Phi) is 4.11. The van der Waals surface area contributed by atoms with Gasteiger partial charge in [-0.3, -0.25) is 14.9 Å². The molecule has 0 heterocycles. The van der Waals surface area contributed by atoms with Gasteiger partial charge in [0.05, 0.1) is 23.2 Å². The number of amides is 1. The van der Waals surface area contributed by atoms with Gasteiger partial charge in [0.2, 0.25) is 0 Å². The van der Waals surface area contributed by atoms with Crippen molar-refractivity contribution in [1.82, 2.24) is 5.32 Å². The number of nitrogens with one attached hydrogen (secondary N) is 1. The molecule has 1 aromatic carbocycles. The summed E-state index contributed by atoms with van der Waals surface area (Å²) in [4.78, 5) is 21.1. The highest BCUT2D eigenvalue weighted by atomic mass is 19.1. The smallest absolute Gasteiger partial charge is 0.272 e. The Bertz CT molecular complexity index is 450. The second-order valence-corrected chi connectivity index (χ2v) is 3.48. The lowest BCUT2D eigenvalue weighted by Gasteiger charge is -2.10. The molecule has 0 radical (unpaired) electrons. The normalized spacial score (nSPS) is 11.9. The first-order valence-corrected chi connectivity index (χ1v) is 4.81. The van der Waals surface area contributed by atoms with E-state index in [1.165, 1.54) is 0 Å². The minimum Gasteiger partial charge on any atom is -0.394 e. The zero-order chi connectivity index (χ0) is 13.0. The van der Waals surface area contributed by atoms with Crippen LogP contribution in [-0.2, 0) is 0 Å². The van der Waals surface area contributed by atoms with Crippen molar-refractivity contribution in [1.29, 1.82) is 0 Å². The molecule has 6 nitrogen and oxygen atoms in total. The summed E-state index contributed by atoms with van der Waals surface area (Å²) in [5.41, 5.74) is -0.717. The van der Waals surface area contributed by atoms with Gasteiger partial charge in [-0.15, -0.1) is 0 Å². The molecule has 17 heavy (non-hydrogen) atoms. The number of non-ortho nitro benzene ring substituents is 1. The number of nitro groups is 1. The molecular formula is C10H11FN2O4. The first-order chi connectivity index (χ1) is 7.95. The molecule has 1 amide bonds. The summed E-state index contributed by atoms with van der Waals surface area (Å²) >= 11 is 0. The fourth-order valence-corrected chi connectivity index (χ4v) is 1.15. The number of aliphatic hydroxyl groups excluding tert-OH is 1. The summed E-state index contributed by atoms with van der Waals surface area (Å²) in [6.07, 6.45) is 0. The highest BCUT2D eigenvalue weighted by Gasteiger charge is 2.17. The van der Waals surface area contributed by atoms with Crippen LogP contribution in [0.4, 0.5) is 10.1 Å². The number of hydrogen-bond donors (Lipinski definition) is 2. The second-order valence-electron chi connectivity index (χ2n) is 3.48. The molecule has 1 atom stereocenters. The van der Waals surface area contributed by atoms with Crippen molar-refractivity contribution in [2.24, 2.45) is 0 Å². The largest absolute Gasteiger partial charge is 0.394 e. The van der Waals surface area contributed by atoms with Crippen LogP contribution in [0.5, 0.6) is 0 Å². The number of rotatable bonds is 4. The summed E-state index contributed by atoms with van der Waals surface area (Å²) in [7, 11) is 0. The minimum atomic E-state index is -0.971. The van der Waals surface area contributed by atoms with Crippen LogP contribution in [0.25, 0.3) is 0 Å². The van der Waals surface area contributed by atoms with Crippen LogP contribution in [0.1, 0.15) is 17.3 Å². The molecule has 0 unspecified atom stereocenters. The van der Waals surface area contributed by atoms with E-state index >= 15 is 0 Å². The first-order valence-electron chi connectivity index (χ1n) is 4.81. The van der Waals surface area contributed by atoms with E-state index in [4.69, 9.17) is 5.11 Å². The van der Waals surface area contributed by atoms with Crippen LogP contribution in [0, 0.1) is 15.9 Å². The van der Waals surface area contributed by atoms with Gasteiger partial charge >= 0.3 is 0 Å². The predicted molar refractivity (Wildman–Crippen MR) is 57.1 cm³/mol. The van der Waals surface area contributed by atoms with E-state index in [0.29, 0.717) is 6.07 Å². The van der Waals surface area contributed by atoms with E-state index in [2.05, 4.69) is 5.32 Å². The lowest BCUT2D eigenvalue weighted by Crippen LogP contribution is -2.35. The average Bonchev–Trinajstić information content (AvgIpc) is 2.28. The average molecular weight is 242 g/mol. The molecule has 92 valence electrons. The monoisotopic (exact) mass is 242 g/mol. The summed E-state index contributed by atoms with van der Waals surface area (Å²) < 4.78 is 13.4. The summed E-state index contributed by atoms with van der Waals surface area (Å²) in [6.45, 7) is 1.27. The highest BCUT2D eigenvalue weighted by molar-refractivity contribution is 5.94. The van der Waals surface area contributed by atoms with Crippen molar-refractivity contribution >= 4 is 11.6 Å². The number of carbonyl (C=O) groups excluding carboxylic acids is 1. The van der Waals surface area contributed by atoms with E-state index in [9.17, 15) is 19.3 Å². The molecule has 1 aromatic rings. The second kappa shape index (κ2) is 5.35. The van der Waals surface area contributed by atoms with Crippen molar-refractivity contribution in [2.45, 2.75) is 13.0 Å². The van der Waals surface area contributed by atoms with Gasteiger partial charge in [-0.2, -0.15) is 0 Å². The number of hydrogen-bond acceptors (Lipinski definition) is 4. The van der Waals surface area contributed by atoms with Crippen molar-refractivity contribution < 1.29 is 19.2 Å². The molecule has 1 rings (SSSR count). The minimum absolute atomic E-state index is 0.277.